The van der Waals surface area contributed by atoms with E-state index in [0.29, 0.717) is 36.8 Å². The summed E-state index contributed by atoms with van der Waals surface area (Å²) >= 11 is 0. The first-order chi connectivity index (χ1) is 21.6. The maximum Gasteiger partial charge on any atom is 0.410 e. The number of fused-ring (bicyclic) bond motifs is 1. The highest BCUT2D eigenvalue weighted by atomic mass is 16.6. The maximum absolute atomic E-state index is 12.6. The molecule has 234 valence electrons. The Labute approximate surface area is 263 Å². The summed E-state index contributed by atoms with van der Waals surface area (Å²) in [5, 5.41) is 16.1. The number of hydrogen-bond donors (Lipinski definition) is 1. The summed E-state index contributed by atoms with van der Waals surface area (Å²) in [7, 11) is 0. The molecule has 0 unspecified atom stereocenters. The molecule has 4 aromatic rings. The van der Waals surface area contributed by atoms with Crippen LogP contribution in [-0.4, -0.2) is 75.4 Å². The molecular weight excluding hydrogens is 568 g/mol. The van der Waals surface area contributed by atoms with E-state index in [2.05, 4.69) is 21.1 Å². The van der Waals surface area contributed by atoms with Crippen molar-refractivity contribution in [3.8, 4) is 22.5 Å². The van der Waals surface area contributed by atoms with Gasteiger partial charge in [-0.2, -0.15) is 4.98 Å². The van der Waals surface area contributed by atoms with E-state index in [1.165, 1.54) is 19.3 Å². The average Bonchev–Trinajstić information content (AvgIpc) is 3.52. The van der Waals surface area contributed by atoms with Crippen molar-refractivity contribution in [3.63, 3.8) is 0 Å². The number of benzene rings is 3. The lowest BCUT2D eigenvalue weighted by atomic mass is 9.88. The van der Waals surface area contributed by atoms with Gasteiger partial charge in [0.2, 0.25) is 11.7 Å². The fraction of sp³-hybridized carbons (Fsp3) is 0.389. The summed E-state index contributed by atoms with van der Waals surface area (Å²) in [6.45, 7) is 9.59. The Morgan fingerprint density at radius 1 is 0.933 bits per heavy atom. The van der Waals surface area contributed by atoms with Crippen LogP contribution in [0.15, 0.2) is 65.2 Å². The van der Waals surface area contributed by atoms with Crippen molar-refractivity contribution < 1.29 is 24.0 Å². The summed E-state index contributed by atoms with van der Waals surface area (Å²) in [5.74, 6) is 0.278. The molecule has 9 heteroatoms. The van der Waals surface area contributed by atoms with Gasteiger partial charge in [0.25, 0.3) is 0 Å². The number of nitrogens with zero attached hydrogens (tertiary/aromatic N) is 4. The molecule has 1 N–H and O–H groups in total. The third-order valence-electron chi connectivity index (χ3n) is 8.47. The van der Waals surface area contributed by atoms with Crippen molar-refractivity contribution in [1.82, 2.24) is 19.9 Å². The van der Waals surface area contributed by atoms with Crippen molar-refractivity contribution in [2.24, 2.45) is 0 Å². The van der Waals surface area contributed by atoms with Gasteiger partial charge in [0.1, 0.15) is 5.60 Å². The zero-order chi connectivity index (χ0) is 31.6. The zero-order valence-electron chi connectivity index (χ0n) is 26.2. The van der Waals surface area contributed by atoms with Crippen LogP contribution < -0.4 is 0 Å². The average molecular weight is 609 g/mol. The van der Waals surface area contributed by atoms with E-state index < -0.39 is 11.6 Å². The van der Waals surface area contributed by atoms with Crippen molar-refractivity contribution in [2.45, 2.75) is 58.5 Å². The molecule has 2 aliphatic heterocycles. The van der Waals surface area contributed by atoms with E-state index in [9.17, 15) is 14.7 Å². The fourth-order valence-electron chi connectivity index (χ4n) is 6.14. The molecule has 0 atom stereocenters. The van der Waals surface area contributed by atoms with E-state index in [0.717, 1.165) is 59.1 Å². The lowest BCUT2D eigenvalue weighted by Crippen LogP contribution is -2.39. The highest BCUT2D eigenvalue weighted by Crippen LogP contribution is 2.35. The predicted octanol–water partition coefficient (Wildman–Crippen LogP) is 7.31. The molecule has 2 aliphatic rings. The number of likely N-dealkylation sites (tertiary alicyclic amines) is 1. The number of aromatic carboxylic acids is 1. The molecule has 3 aromatic carbocycles. The van der Waals surface area contributed by atoms with Gasteiger partial charge in [-0.05, 0) is 98.3 Å². The van der Waals surface area contributed by atoms with Gasteiger partial charge in [-0.1, -0.05) is 60.1 Å². The normalized spacial score (nSPS) is 16.1. The third kappa shape index (κ3) is 7.09. The molecular formula is C36H40N4O5. The number of aromatic nitrogens is 2. The Kier molecular flexibility index (Phi) is 8.72. The molecule has 0 spiro atoms. The first-order valence-electron chi connectivity index (χ1n) is 15.8. The van der Waals surface area contributed by atoms with Gasteiger partial charge in [-0.3, -0.25) is 0 Å². The van der Waals surface area contributed by atoms with E-state index in [1.807, 2.05) is 69.3 Å². The Balaban J connectivity index is 1.20. The van der Waals surface area contributed by atoms with Crippen LogP contribution in [0.1, 0.15) is 68.3 Å². The topological polar surface area (TPSA) is 109 Å². The van der Waals surface area contributed by atoms with Gasteiger partial charge in [-0.25, -0.2) is 9.59 Å². The van der Waals surface area contributed by atoms with Crippen LogP contribution in [0.2, 0.25) is 0 Å². The number of carbonyl (C=O) groups excluding carboxylic acids is 1. The molecule has 9 nitrogen and oxygen atoms in total. The van der Waals surface area contributed by atoms with Gasteiger partial charge < -0.3 is 24.2 Å². The van der Waals surface area contributed by atoms with Crippen molar-refractivity contribution in [2.75, 3.05) is 32.7 Å². The second-order valence-electron chi connectivity index (χ2n) is 12.9. The fourth-order valence-corrected chi connectivity index (χ4v) is 6.14. The van der Waals surface area contributed by atoms with Crippen LogP contribution in [0.25, 0.3) is 38.9 Å². The number of carboxylic acids is 1. The first-order valence-corrected chi connectivity index (χ1v) is 15.8. The van der Waals surface area contributed by atoms with Crippen molar-refractivity contribution >= 4 is 28.4 Å². The van der Waals surface area contributed by atoms with Crippen LogP contribution in [0.5, 0.6) is 0 Å². The van der Waals surface area contributed by atoms with Crippen LogP contribution in [-0.2, 0) is 11.2 Å². The number of rotatable bonds is 7. The molecule has 0 aliphatic carbocycles. The molecule has 0 bridgehead atoms. The monoisotopic (exact) mass is 608 g/mol. The summed E-state index contributed by atoms with van der Waals surface area (Å²) in [4.78, 5) is 33.6. The number of hydrogen-bond acceptors (Lipinski definition) is 7. The van der Waals surface area contributed by atoms with Gasteiger partial charge in [0.05, 0.1) is 5.56 Å². The number of carbonyl (C=O) groups is 2. The minimum Gasteiger partial charge on any atom is -0.478 e. The van der Waals surface area contributed by atoms with Crippen LogP contribution >= 0.6 is 0 Å². The number of ether oxygens (including phenoxy) is 1. The lowest BCUT2D eigenvalue weighted by Gasteiger charge is -2.30. The smallest absolute Gasteiger partial charge is 0.410 e. The zero-order valence-corrected chi connectivity index (χ0v) is 26.2. The molecule has 0 saturated carbocycles. The largest absolute Gasteiger partial charge is 0.478 e. The molecule has 45 heavy (non-hydrogen) atoms. The molecule has 1 fully saturated rings. The maximum atomic E-state index is 12.6. The minimum absolute atomic E-state index is 0.256. The van der Waals surface area contributed by atoms with Crippen LogP contribution in [0.3, 0.4) is 0 Å². The summed E-state index contributed by atoms with van der Waals surface area (Å²) in [6.07, 6.45) is 6.72. The van der Waals surface area contributed by atoms with Crippen LogP contribution in [0, 0.1) is 0 Å². The SMILES string of the molecule is CC(C)(C)OC(=O)N1CC=C(c2c(C(=O)O)ccc3cc(-c4ccc(-c5noc(CCN6CCCCC6)n5)cc4)ccc23)CC1. The van der Waals surface area contributed by atoms with E-state index in [1.54, 1.807) is 11.0 Å². The first kappa shape index (κ1) is 30.5. The van der Waals surface area contributed by atoms with Crippen molar-refractivity contribution in [1.29, 1.82) is 0 Å². The van der Waals surface area contributed by atoms with Crippen molar-refractivity contribution in [3.05, 3.63) is 77.7 Å². The lowest BCUT2D eigenvalue weighted by molar-refractivity contribution is 0.0270. The Bertz CT molecular complexity index is 1730. The quantitative estimate of drug-likeness (QED) is 0.233. The summed E-state index contributed by atoms with van der Waals surface area (Å²) in [6, 6.07) is 17.7. The summed E-state index contributed by atoms with van der Waals surface area (Å²) < 4.78 is 11.1. The molecule has 3 heterocycles. The van der Waals surface area contributed by atoms with E-state index >= 15 is 0 Å². The number of amides is 1. The van der Waals surface area contributed by atoms with E-state index in [4.69, 9.17) is 9.26 Å². The van der Waals surface area contributed by atoms with Gasteiger partial charge in [0, 0.05) is 31.6 Å². The highest BCUT2D eigenvalue weighted by molar-refractivity contribution is 6.05. The molecule has 6 rings (SSSR count). The Hall–Kier alpha value is -4.50. The van der Waals surface area contributed by atoms with Gasteiger partial charge >= 0.3 is 12.1 Å². The Morgan fingerprint density at radius 3 is 2.36 bits per heavy atom. The molecule has 0 radical (unpaired) electrons. The highest BCUT2D eigenvalue weighted by Gasteiger charge is 2.26. The summed E-state index contributed by atoms with van der Waals surface area (Å²) in [5.41, 5.74) is 4.26. The van der Waals surface area contributed by atoms with Crippen LogP contribution in [0.4, 0.5) is 4.79 Å². The van der Waals surface area contributed by atoms with Gasteiger partial charge in [0.15, 0.2) is 0 Å². The Morgan fingerprint density at radius 2 is 1.67 bits per heavy atom. The minimum atomic E-state index is -0.974. The van der Waals surface area contributed by atoms with Gasteiger partial charge in [-0.15, -0.1) is 0 Å². The second kappa shape index (κ2) is 12.9. The molecule has 1 aromatic heterocycles. The molecule has 1 amide bonds. The predicted molar refractivity (Wildman–Crippen MR) is 174 cm³/mol. The second-order valence-corrected chi connectivity index (χ2v) is 12.9. The third-order valence-corrected chi connectivity index (χ3v) is 8.47. The number of carboxylic acid groups (broad SMARTS) is 1. The van der Waals surface area contributed by atoms with E-state index in [-0.39, 0.29) is 11.7 Å². The standard InChI is InChI=1S/C36H40N4O5/c1-36(2,3)44-35(43)40-21-15-25(16-22-40)32-29-13-11-27(23-28(29)12-14-30(32)34(41)42)24-7-9-26(10-8-24)33-37-31(45-38-33)17-20-39-18-5-4-6-19-39/h7-15,23H,4-6,16-22H2,1-3H3,(H,41,42). The molecule has 1 saturated heterocycles. The number of piperidine rings is 1.